The Morgan fingerprint density at radius 3 is 2.42 bits per heavy atom. The highest BCUT2D eigenvalue weighted by atomic mass is 35.5. The van der Waals surface area contributed by atoms with E-state index < -0.39 is 0 Å². The normalized spacial score (nSPS) is 23.2. The summed E-state index contributed by atoms with van der Waals surface area (Å²) in [5.41, 5.74) is 1.06. The van der Waals surface area contributed by atoms with Crippen molar-refractivity contribution in [2.24, 2.45) is 0 Å². The van der Waals surface area contributed by atoms with E-state index in [2.05, 4.69) is 19.2 Å². The Labute approximate surface area is 119 Å². The molecular formula is C15H21ClN2O. The number of piperidine rings is 1. The van der Waals surface area contributed by atoms with E-state index >= 15 is 0 Å². The Morgan fingerprint density at radius 2 is 1.84 bits per heavy atom. The molecule has 1 aromatic rings. The average molecular weight is 281 g/mol. The lowest BCUT2D eigenvalue weighted by atomic mass is 9.98. The fourth-order valence-corrected chi connectivity index (χ4v) is 2.82. The first-order chi connectivity index (χ1) is 9.08. The summed E-state index contributed by atoms with van der Waals surface area (Å²) < 4.78 is 0. The Hall–Kier alpha value is -1.22. The van der Waals surface area contributed by atoms with Crippen LogP contribution in [0.2, 0.25) is 5.02 Å². The highest BCUT2D eigenvalue weighted by molar-refractivity contribution is 6.30. The van der Waals surface area contributed by atoms with Crippen LogP contribution in [-0.2, 0) is 6.54 Å². The maximum atomic E-state index is 12.2. The van der Waals surface area contributed by atoms with Crippen molar-refractivity contribution >= 4 is 17.6 Å². The van der Waals surface area contributed by atoms with Gasteiger partial charge in [0.25, 0.3) is 0 Å². The van der Waals surface area contributed by atoms with Crippen LogP contribution < -0.4 is 5.32 Å². The number of rotatable bonds is 2. The topological polar surface area (TPSA) is 32.3 Å². The molecule has 2 atom stereocenters. The summed E-state index contributed by atoms with van der Waals surface area (Å²) in [6, 6.07) is 8.25. The molecule has 0 saturated carbocycles. The van der Waals surface area contributed by atoms with Crippen LogP contribution in [0.15, 0.2) is 24.3 Å². The Morgan fingerprint density at radius 1 is 1.26 bits per heavy atom. The molecule has 19 heavy (non-hydrogen) atoms. The minimum Gasteiger partial charge on any atom is -0.334 e. The van der Waals surface area contributed by atoms with Crippen LogP contribution >= 0.6 is 11.6 Å². The van der Waals surface area contributed by atoms with E-state index in [9.17, 15) is 4.79 Å². The van der Waals surface area contributed by atoms with Gasteiger partial charge in [0.15, 0.2) is 0 Å². The van der Waals surface area contributed by atoms with Gasteiger partial charge in [-0.2, -0.15) is 0 Å². The molecule has 1 heterocycles. The lowest BCUT2D eigenvalue weighted by Gasteiger charge is -2.38. The van der Waals surface area contributed by atoms with Crippen LogP contribution in [0.25, 0.3) is 0 Å². The first-order valence-electron chi connectivity index (χ1n) is 6.88. The van der Waals surface area contributed by atoms with Crippen molar-refractivity contribution < 1.29 is 4.79 Å². The largest absolute Gasteiger partial charge is 0.334 e. The number of hydrogen-bond donors (Lipinski definition) is 1. The molecule has 104 valence electrons. The second-order valence-electron chi connectivity index (χ2n) is 5.32. The zero-order chi connectivity index (χ0) is 13.8. The van der Waals surface area contributed by atoms with E-state index in [0.29, 0.717) is 23.7 Å². The number of nitrogens with one attached hydrogen (secondary N) is 1. The molecule has 0 aromatic heterocycles. The molecule has 1 fully saturated rings. The third kappa shape index (κ3) is 3.63. The van der Waals surface area contributed by atoms with Crippen molar-refractivity contribution in [3.63, 3.8) is 0 Å². The third-order valence-electron chi connectivity index (χ3n) is 3.79. The quantitative estimate of drug-likeness (QED) is 0.878. The fraction of sp³-hybridized carbons (Fsp3) is 0.533. The number of urea groups is 1. The zero-order valence-corrected chi connectivity index (χ0v) is 12.3. The van der Waals surface area contributed by atoms with Crippen molar-refractivity contribution in [3.05, 3.63) is 34.9 Å². The lowest BCUT2D eigenvalue weighted by molar-refractivity contribution is 0.123. The molecule has 2 unspecified atom stereocenters. The van der Waals surface area contributed by atoms with Gasteiger partial charge in [0.1, 0.15) is 0 Å². The number of hydrogen-bond acceptors (Lipinski definition) is 1. The summed E-state index contributed by atoms with van der Waals surface area (Å²) in [6.07, 6.45) is 3.40. The van der Waals surface area contributed by atoms with Gasteiger partial charge in [-0.3, -0.25) is 0 Å². The van der Waals surface area contributed by atoms with Crippen LogP contribution in [0, 0.1) is 0 Å². The van der Waals surface area contributed by atoms with Crippen molar-refractivity contribution in [1.82, 2.24) is 10.2 Å². The minimum absolute atomic E-state index is 0.0367. The first-order valence-corrected chi connectivity index (χ1v) is 7.26. The zero-order valence-electron chi connectivity index (χ0n) is 11.5. The molecule has 4 heteroatoms. The standard InChI is InChI=1S/C15H21ClN2O/c1-11-4-3-5-12(2)18(11)15(19)17-10-13-6-8-14(16)9-7-13/h6-9,11-12H,3-5,10H2,1-2H3,(H,17,19). The molecule has 1 N–H and O–H groups in total. The van der Waals surface area contributed by atoms with Gasteiger partial charge in [-0.25, -0.2) is 4.79 Å². The number of nitrogens with zero attached hydrogens (tertiary/aromatic N) is 1. The maximum Gasteiger partial charge on any atom is 0.318 e. The van der Waals surface area contributed by atoms with E-state index in [1.54, 1.807) is 0 Å². The van der Waals surface area contributed by atoms with Gasteiger partial charge in [-0.15, -0.1) is 0 Å². The number of amides is 2. The molecule has 2 rings (SSSR count). The van der Waals surface area contributed by atoms with Crippen LogP contribution in [0.1, 0.15) is 38.7 Å². The molecule has 1 aromatic carbocycles. The summed E-state index contributed by atoms with van der Waals surface area (Å²) in [7, 11) is 0. The predicted octanol–water partition coefficient (Wildman–Crippen LogP) is 3.81. The molecular weight excluding hydrogens is 260 g/mol. The monoisotopic (exact) mass is 280 g/mol. The molecule has 1 aliphatic rings. The summed E-state index contributed by atoms with van der Waals surface area (Å²) in [5, 5.41) is 3.71. The van der Waals surface area contributed by atoms with Gasteiger partial charge >= 0.3 is 6.03 Å². The second-order valence-corrected chi connectivity index (χ2v) is 5.76. The van der Waals surface area contributed by atoms with Gasteiger partial charge in [0.2, 0.25) is 0 Å². The first kappa shape index (κ1) is 14.2. The highest BCUT2D eigenvalue weighted by Gasteiger charge is 2.28. The number of benzene rings is 1. The molecule has 1 aliphatic heterocycles. The van der Waals surface area contributed by atoms with Gasteiger partial charge in [-0.1, -0.05) is 23.7 Å². The molecule has 2 amide bonds. The van der Waals surface area contributed by atoms with E-state index in [4.69, 9.17) is 11.6 Å². The molecule has 3 nitrogen and oxygen atoms in total. The van der Waals surface area contributed by atoms with E-state index in [1.165, 1.54) is 6.42 Å². The molecule has 1 saturated heterocycles. The molecule has 0 spiro atoms. The summed E-state index contributed by atoms with van der Waals surface area (Å²) in [4.78, 5) is 14.2. The van der Waals surface area contributed by atoms with E-state index in [0.717, 1.165) is 18.4 Å². The van der Waals surface area contributed by atoms with Gasteiger partial charge in [0, 0.05) is 23.7 Å². The van der Waals surface area contributed by atoms with Crippen LogP contribution in [0.4, 0.5) is 4.79 Å². The van der Waals surface area contributed by atoms with Gasteiger partial charge in [-0.05, 0) is 50.8 Å². The number of carbonyl (C=O) groups excluding carboxylic acids is 1. The number of likely N-dealkylation sites (tertiary alicyclic amines) is 1. The third-order valence-corrected chi connectivity index (χ3v) is 4.04. The van der Waals surface area contributed by atoms with E-state index in [1.807, 2.05) is 29.2 Å². The number of halogens is 1. The highest BCUT2D eigenvalue weighted by Crippen LogP contribution is 2.22. The maximum absolute atomic E-state index is 12.2. The number of carbonyl (C=O) groups is 1. The Balaban J connectivity index is 1.91. The van der Waals surface area contributed by atoms with Crippen LogP contribution in [0.5, 0.6) is 0 Å². The Bertz CT molecular complexity index is 422. The SMILES string of the molecule is CC1CCCC(C)N1C(=O)NCc1ccc(Cl)cc1. The van der Waals surface area contributed by atoms with Crippen molar-refractivity contribution in [1.29, 1.82) is 0 Å². The fourth-order valence-electron chi connectivity index (χ4n) is 2.69. The molecule has 0 aliphatic carbocycles. The summed E-state index contributed by atoms with van der Waals surface area (Å²) in [5.74, 6) is 0. The summed E-state index contributed by atoms with van der Waals surface area (Å²) >= 11 is 5.84. The molecule has 0 bridgehead atoms. The second kappa shape index (κ2) is 6.29. The predicted molar refractivity (Wildman–Crippen MR) is 78.3 cm³/mol. The van der Waals surface area contributed by atoms with Gasteiger partial charge in [0.05, 0.1) is 0 Å². The van der Waals surface area contributed by atoms with Crippen molar-refractivity contribution in [3.8, 4) is 0 Å². The minimum atomic E-state index is 0.0367. The van der Waals surface area contributed by atoms with Crippen molar-refractivity contribution in [2.45, 2.75) is 51.7 Å². The lowest BCUT2D eigenvalue weighted by Crippen LogP contribution is -2.51. The van der Waals surface area contributed by atoms with Crippen LogP contribution in [0.3, 0.4) is 0 Å². The van der Waals surface area contributed by atoms with Crippen LogP contribution in [-0.4, -0.2) is 23.0 Å². The Kier molecular flexibility index (Phi) is 4.70. The molecule has 0 radical (unpaired) electrons. The van der Waals surface area contributed by atoms with Crippen molar-refractivity contribution in [2.75, 3.05) is 0 Å². The summed E-state index contributed by atoms with van der Waals surface area (Å²) in [6.45, 7) is 4.79. The van der Waals surface area contributed by atoms with E-state index in [-0.39, 0.29) is 6.03 Å². The van der Waals surface area contributed by atoms with Gasteiger partial charge < -0.3 is 10.2 Å². The average Bonchev–Trinajstić information content (AvgIpc) is 2.38. The smallest absolute Gasteiger partial charge is 0.318 e.